The van der Waals surface area contributed by atoms with Gasteiger partial charge in [-0.15, -0.1) is 12.4 Å². The highest BCUT2D eigenvalue weighted by atomic mass is 35.5. The summed E-state index contributed by atoms with van der Waals surface area (Å²) in [6.07, 6.45) is 0.407. The van der Waals surface area contributed by atoms with Crippen molar-refractivity contribution >= 4 is 18.3 Å². The predicted octanol–water partition coefficient (Wildman–Crippen LogP) is 1.63. The van der Waals surface area contributed by atoms with Crippen LogP contribution >= 0.6 is 12.4 Å². The lowest BCUT2D eigenvalue weighted by Crippen LogP contribution is -2.49. The molecule has 6 heteroatoms. The number of hydrogen-bond acceptors (Lipinski definition) is 3. The molecule has 1 aliphatic heterocycles. The molecule has 1 aromatic rings. The van der Waals surface area contributed by atoms with E-state index in [9.17, 15) is 9.18 Å². The van der Waals surface area contributed by atoms with Crippen molar-refractivity contribution in [2.45, 2.75) is 25.9 Å². The van der Waals surface area contributed by atoms with E-state index in [4.69, 9.17) is 5.73 Å². The second-order valence-corrected chi connectivity index (χ2v) is 5.47. The van der Waals surface area contributed by atoms with E-state index in [-0.39, 0.29) is 30.2 Å². The zero-order valence-corrected chi connectivity index (χ0v) is 13.1. The van der Waals surface area contributed by atoms with E-state index >= 15 is 0 Å². The number of hydrogen-bond donors (Lipinski definition) is 1. The van der Waals surface area contributed by atoms with Crippen molar-refractivity contribution in [2.24, 2.45) is 5.73 Å². The maximum Gasteiger partial charge on any atom is 0.224 e. The summed E-state index contributed by atoms with van der Waals surface area (Å²) in [5.74, 6) is -0.0707. The van der Waals surface area contributed by atoms with E-state index < -0.39 is 0 Å². The fraction of sp³-hybridized carbons (Fsp3) is 0.533. The fourth-order valence-electron chi connectivity index (χ4n) is 2.45. The van der Waals surface area contributed by atoms with Crippen molar-refractivity contribution in [3.8, 4) is 0 Å². The van der Waals surface area contributed by atoms with Gasteiger partial charge in [0.25, 0.3) is 0 Å². The quantitative estimate of drug-likeness (QED) is 0.919. The number of rotatable bonds is 4. The molecular weight excluding hydrogens is 293 g/mol. The Balaban J connectivity index is 0.00000220. The highest BCUT2D eigenvalue weighted by molar-refractivity contribution is 5.85. The lowest BCUT2D eigenvalue weighted by Gasteiger charge is -2.35. The normalized spacial score (nSPS) is 17.2. The Kier molecular flexibility index (Phi) is 7.08. The molecule has 1 saturated heterocycles. The Morgan fingerprint density at radius 2 is 2.00 bits per heavy atom. The number of nitrogens with two attached hydrogens (primary N) is 1. The molecule has 21 heavy (non-hydrogen) atoms. The topological polar surface area (TPSA) is 49.6 Å². The Morgan fingerprint density at radius 3 is 2.57 bits per heavy atom. The van der Waals surface area contributed by atoms with Crippen LogP contribution in [0, 0.1) is 5.82 Å². The van der Waals surface area contributed by atoms with Gasteiger partial charge in [-0.25, -0.2) is 4.39 Å². The molecule has 2 rings (SSSR count). The predicted molar refractivity (Wildman–Crippen MR) is 83.8 cm³/mol. The van der Waals surface area contributed by atoms with Crippen molar-refractivity contribution in [1.29, 1.82) is 0 Å². The van der Waals surface area contributed by atoms with Gasteiger partial charge in [0.15, 0.2) is 0 Å². The third-order valence-corrected chi connectivity index (χ3v) is 3.52. The maximum atomic E-state index is 13.1. The van der Waals surface area contributed by atoms with Gasteiger partial charge in [0, 0.05) is 45.2 Å². The van der Waals surface area contributed by atoms with Crippen LogP contribution in [0.3, 0.4) is 0 Å². The van der Waals surface area contributed by atoms with Crippen LogP contribution in [0.15, 0.2) is 24.3 Å². The Hall–Kier alpha value is -1.17. The van der Waals surface area contributed by atoms with Crippen molar-refractivity contribution in [2.75, 3.05) is 26.2 Å². The molecule has 0 aromatic heterocycles. The number of carbonyl (C=O) groups is 1. The second kappa shape index (κ2) is 8.32. The molecule has 0 spiro atoms. The van der Waals surface area contributed by atoms with Crippen LogP contribution in [0.5, 0.6) is 0 Å². The molecule has 1 amide bonds. The molecule has 0 bridgehead atoms. The number of piperazine rings is 1. The van der Waals surface area contributed by atoms with Crippen LogP contribution in [-0.2, 0) is 11.3 Å². The molecule has 1 atom stereocenters. The average Bonchev–Trinajstić information content (AvgIpc) is 2.38. The molecule has 4 nitrogen and oxygen atoms in total. The number of halogens is 2. The Morgan fingerprint density at radius 1 is 1.33 bits per heavy atom. The van der Waals surface area contributed by atoms with E-state index in [1.54, 1.807) is 12.1 Å². The molecule has 1 fully saturated rings. The van der Waals surface area contributed by atoms with Gasteiger partial charge in [-0.1, -0.05) is 12.1 Å². The lowest BCUT2D eigenvalue weighted by molar-refractivity contribution is -0.133. The first-order valence-corrected chi connectivity index (χ1v) is 7.05. The fourth-order valence-corrected chi connectivity index (χ4v) is 2.45. The highest BCUT2D eigenvalue weighted by Crippen LogP contribution is 2.11. The zero-order valence-electron chi connectivity index (χ0n) is 12.3. The van der Waals surface area contributed by atoms with Crippen molar-refractivity contribution in [3.05, 3.63) is 35.6 Å². The summed E-state index contributed by atoms with van der Waals surface area (Å²) in [6, 6.07) is 6.58. The van der Waals surface area contributed by atoms with Gasteiger partial charge in [0.2, 0.25) is 5.91 Å². The summed E-state index contributed by atoms with van der Waals surface area (Å²) in [5.41, 5.74) is 6.62. The minimum Gasteiger partial charge on any atom is -0.340 e. The van der Waals surface area contributed by atoms with Gasteiger partial charge in [0.05, 0.1) is 0 Å². The molecule has 0 saturated carbocycles. The minimum atomic E-state index is -0.201. The van der Waals surface area contributed by atoms with Gasteiger partial charge in [-0.3, -0.25) is 9.69 Å². The molecule has 0 aliphatic carbocycles. The third kappa shape index (κ3) is 5.61. The summed E-state index contributed by atoms with van der Waals surface area (Å²) in [7, 11) is 0. The molecular formula is C15H23ClFN3O. The number of carbonyl (C=O) groups excluding carboxylic acids is 1. The van der Waals surface area contributed by atoms with E-state index in [0.717, 1.165) is 38.3 Å². The first-order valence-electron chi connectivity index (χ1n) is 7.05. The second-order valence-electron chi connectivity index (χ2n) is 5.47. The molecule has 0 radical (unpaired) electrons. The smallest absolute Gasteiger partial charge is 0.224 e. The number of amides is 1. The molecule has 118 valence electrons. The third-order valence-electron chi connectivity index (χ3n) is 3.52. The average molecular weight is 316 g/mol. The first kappa shape index (κ1) is 17.9. The van der Waals surface area contributed by atoms with E-state index in [1.165, 1.54) is 6.07 Å². The monoisotopic (exact) mass is 315 g/mol. The van der Waals surface area contributed by atoms with Crippen LogP contribution in [0.2, 0.25) is 0 Å². The van der Waals surface area contributed by atoms with Crippen LogP contribution in [0.4, 0.5) is 4.39 Å². The van der Waals surface area contributed by atoms with Gasteiger partial charge in [-0.2, -0.15) is 0 Å². The maximum absolute atomic E-state index is 13.1. The number of benzene rings is 1. The summed E-state index contributed by atoms with van der Waals surface area (Å²) >= 11 is 0. The van der Waals surface area contributed by atoms with Gasteiger partial charge < -0.3 is 10.6 Å². The molecule has 1 aromatic carbocycles. The van der Waals surface area contributed by atoms with Crippen LogP contribution in [-0.4, -0.2) is 47.9 Å². The Bertz CT molecular complexity index is 462. The minimum absolute atomic E-state index is 0. The molecule has 1 aliphatic rings. The zero-order chi connectivity index (χ0) is 14.5. The van der Waals surface area contributed by atoms with Gasteiger partial charge in [0.1, 0.15) is 5.82 Å². The van der Waals surface area contributed by atoms with Gasteiger partial charge in [-0.05, 0) is 24.6 Å². The van der Waals surface area contributed by atoms with E-state index in [0.29, 0.717) is 6.42 Å². The van der Waals surface area contributed by atoms with Crippen molar-refractivity contribution < 1.29 is 9.18 Å². The summed E-state index contributed by atoms with van der Waals surface area (Å²) in [5, 5.41) is 0. The van der Waals surface area contributed by atoms with Gasteiger partial charge >= 0.3 is 0 Å². The van der Waals surface area contributed by atoms with Crippen LogP contribution in [0.25, 0.3) is 0 Å². The van der Waals surface area contributed by atoms with E-state index in [2.05, 4.69) is 4.90 Å². The molecule has 2 N–H and O–H groups in total. The van der Waals surface area contributed by atoms with Crippen LogP contribution < -0.4 is 5.73 Å². The Labute approximate surface area is 131 Å². The largest absolute Gasteiger partial charge is 0.340 e. The van der Waals surface area contributed by atoms with E-state index in [1.807, 2.05) is 17.9 Å². The van der Waals surface area contributed by atoms with Crippen LogP contribution in [0.1, 0.15) is 18.9 Å². The first-order chi connectivity index (χ1) is 9.54. The summed E-state index contributed by atoms with van der Waals surface area (Å²) in [6.45, 7) is 5.66. The summed E-state index contributed by atoms with van der Waals surface area (Å²) in [4.78, 5) is 16.0. The lowest BCUT2D eigenvalue weighted by atomic mass is 10.1. The van der Waals surface area contributed by atoms with Crippen molar-refractivity contribution in [1.82, 2.24) is 9.80 Å². The van der Waals surface area contributed by atoms with Crippen molar-refractivity contribution in [3.63, 3.8) is 0 Å². The standard InChI is InChI=1S/C15H22FN3O.ClH/c1-12(17)9-15(20)19-7-5-18(6-8-19)11-13-3-2-4-14(16)10-13;/h2-4,10,12H,5-9,11,17H2,1H3;1H. The molecule has 1 unspecified atom stereocenters. The molecule has 1 heterocycles. The highest BCUT2D eigenvalue weighted by Gasteiger charge is 2.21. The number of nitrogens with zero attached hydrogens (tertiary/aromatic N) is 2. The SMILES string of the molecule is CC(N)CC(=O)N1CCN(Cc2cccc(F)c2)CC1.Cl. The summed E-state index contributed by atoms with van der Waals surface area (Å²) < 4.78 is 13.1.